The van der Waals surface area contributed by atoms with Gasteiger partial charge >= 0.3 is 0 Å². The molecule has 0 fully saturated rings. The van der Waals surface area contributed by atoms with Gasteiger partial charge in [-0.25, -0.2) is 13.6 Å². The van der Waals surface area contributed by atoms with E-state index in [0.29, 0.717) is 11.3 Å². The van der Waals surface area contributed by atoms with Crippen LogP contribution < -0.4 is 25.2 Å². The van der Waals surface area contributed by atoms with Gasteiger partial charge in [0.1, 0.15) is 16.4 Å². The zero-order chi connectivity index (χ0) is 24.2. The Morgan fingerprint density at radius 1 is 0.818 bits per heavy atom. The molecule has 0 saturated carbocycles. The van der Waals surface area contributed by atoms with Crippen molar-refractivity contribution < 1.29 is 27.5 Å². The van der Waals surface area contributed by atoms with Crippen molar-refractivity contribution >= 4 is 44.8 Å². The van der Waals surface area contributed by atoms with Crippen LogP contribution in [0.3, 0.4) is 0 Å². The molecule has 3 aromatic rings. The molecule has 0 aliphatic carbocycles. The summed E-state index contributed by atoms with van der Waals surface area (Å²) in [5, 5.41) is 10.4. The van der Waals surface area contributed by atoms with Crippen LogP contribution in [-0.4, -0.2) is 34.5 Å². The third-order valence-corrected chi connectivity index (χ3v) is 5.95. The third kappa shape index (κ3) is 5.61. The minimum Gasteiger partial charge on any atom is -0.494 e. The summed E-state index contributed by atoms with van der Waals surface area (Å²) < 4.78 is 34.1. The SMILES string of the molecule is COc1cc(NC(=O)c2ccc(Cl)c(S(N)(=O)=O)c2)c(OC)cc1NC(=O)c1ccccc1. The van der Waals surface area contributed by atoms with Gasteiger partial charge in [-0.2, -0.15) is 0 Å². The summed E-state index contributed by atoms with van der Waals surface area (Å²) in [6.07, 6.45) is 0. The van der Waals surface area contributed by atoms with E-state index in [-0.39, 0.29) is 38.6 Å². The number of methoxy groups -OCH3 is 2. The van der Waals surface area contributed by atoms with Crippen LogP contribution in [0.4, 0.5) is 11.4 Å². The highest BCUT2D eigenvalue weighted by Crippen LogP contribution is 2.37. The number of amides is 2. The van der Waals surface area contributed by atoms with Crippen LogP contribution in [0.5, 0.6) is 11.5 Å². The Labute approximate surface area is 195 Å². The molecule has 172 valence electrons. The standard InChI is InChI=1S/C22H20ClN3O6S/c1-31-18-12-17(26-22(28)14-8-9-15(23)20(10-14)33(24,29)30)19(32-2)11-16(18)25-21(27)13-6-4-3-5-7-13/h3-12H,1-2H3,(H,25,27)(H,26,28)(H2,24,29,30). The molecule has 0 saturated heterocycles. The monoisotopic (exact) mass is 489 g/mol. The Kier molecular flexibility index (Phi) is 7.22. The Bertz CT molecular complexity index is 1310. The predicted octanol–water partition coefficient (Wildman–Crippen LogP) is 3.51. The maximum absolute atomic E-state index is 12.8. The van der Waals surface area contributed by atoms with E-state index in [2.05, 4.69) is 10.6 Å². The Hall–Kier alpha value is -3.60. The Morgan fingerprint density at radius 2 is 1.33 bits per heavy atom. The molecule has 9 nitrogen and oxygen atoms in total. The van der Waals surface area contributed by atoms with Crippen LogP contribution in [0.25, 0.3) is 0 Å². The molecule has 3 aromatic carbocycles. The van der Waals surface area contributed by atoms with E-state index in [1.807, 2.05) is 0 Å². The number of nitrogens with two attached hydrogens (primary N) is 1. The molecule has 0 aromatic heterocycles. The number of hydrogen-bond acceptors (Lipinski definition) is 6. The van der Waals surface area contributed by atoms with Gasteiger partial charge < -0.3 is 20.1 Å². The van der Waals surface area contributed by atoms with Crippen molar-refractivity contribution in [2.75, 3.05) is 24.9 Å². The summed E-state index contributed by atoms with van der Waals surface area (Å²) in [5.74, 6) is -0.507. The Balaban J connectivity index is 1.91. The number of hydrogen-bond donors (Lipinski definition) is 3. The second-order valence-electron chi connectivity index (χ2n) is 6.72. The first-order valence-electron chi connectivity index (χ1n) is 9.40. The van der Waals surface area contributed by atoms with Crippen LogP contribution in [-0.2, 0) is 10.0 Å². The molecule has 0 atom stereocenters. The van der Waals surface area contributed by atoms with Crippen LogP contribution in [0.1, 0.15) is 20.7 Å². The minimum atomic E-state index is -4.12. The molecular weight excluding hydrogens is 470 g/mol. The van der Waals surface area contributed by atoms with Crippen molar-refractivity contribution in [1.82, 2.24) is 0 Å². The van der Waals surface area contributed by atoms with E-state index in [9.17, 15) is 18.0 Å². The smallest absolute Gasteiger partial charge is 0.255 e. The fourth-order valence-electron chi connectivity index (χ4n) is 2.93. The van der Waals surface area contributed by atoms with Crippen LogP contribution in [0.15, 0.2) is 65.6 Å². The molecular formula is C22H20ClN3O6S. The summed E-state index contributed by atoms with van der Waals surface area (Å²) in [4.78, 5) is 24.9. The molecule has 0 heterocycles. The number of nitrogens with one attached hydrogen (secondary N) is 2. The predicted molar refractivity (Wildman–Crippen MR) is 125 cm³/mol. The molecule has 4 N–H and O–H groups in total. The molecule has 2 amide bonds. The highest BCUT2D eigenvalue weighted by molar-refractivity contribution is 7.89. The maximum Gasteiger partial charge on any atom is 0.255 e. The average molecular weight is 490 g/mol. The van der Waals surface area contributed by atoms with Crippen LogP contribution >= 0.6 is 11.6 Å². The quantitative estimate of drug-likeness (QED) is 0.464. The molecule has 0 aliphatic rings. The van der Waals surface area contributed by atoms with E-state index in [4.69, 9.17) is 26.2 Å². The van der Waals surface area contributed by atoms with E-state index < -0.39 is 15.9 Å². The first kappa shape index (κ1) is 24.1. The van der Waals surface area contributed by atoms with Gasteiger partial charge in [-0.15, -0.1) is 0 Å². The number of rotatable bonds is 7. The summed E-state index contributed by atoms with van der Waals surface area (Å²) >= 11 is 5.87. The highest BCUT2D eigenvalue weighted by Gasteiger charge is 2.19. The summed E-state index contributed by atoms with van der Waals surface area (Å²) in [7, 11) is -1.33. The molecule has 0 unspecified atom stereocenters. The number of halogens is 1. The van der Waals surface area contributed by atoms with Crippen molar-refractivity contribution in [2.24, 2.45) is 5.14 Å². The molecule has 33 heavy (non-hydrogen) atoms. The molecule has 0 radical (unpaired) electrons. The number of sulfonamides is 1. The lowest BCUT2D eigenvalue weighted by Gasteiger charge is -2.16. The second kappa shape index (κ2) is 9.90. The number of benzene rings is 3. The molecule has 3 rings (SSSR count). The van der Waals surface area contributed by atoms with Crippen molar-refractivity contribution in [3.05, 3.63) is 76.8 Å². The van der Waals surface area contributed by atoms with Gasteiger partial charge in [0.2, 0.25) is 10.0 Å². The average Bonchev–Trinajstić information content (AvgIpc) is 2.79. The highest BCUT2D eigenvalue weighted by atomic mass is 35.5. The number of ether oxygens (including phenoxy) is 2. The van der Waals surface area contributed by atoms with E-state index in [1.165, 1.54) is 38.5 Å². The van der Waals surface area contributed by atoms with Gasteiger partial charge in [0, 0.05) is 23.3 Å². The van der Waals surface area contributed by atoms with Crippen LogP contribution in [0.2, 0.25) is 5.02 Å². The number of carbonyl (C=O) groups is 2. The van der Waals surface area contributed by atoms with E-state index in [0.717, 1.165) is 6.07 Å². The van der Waals surface area contributed by atoms with Gasteiger partial charge in [-0.1, -0.05) is 29.8 Å². The zero-order valence-corrected chi connectivity index (χ0v) is 19.2. The van der Waals surface area contributed by atoms with Gasteiger partial charge in [0.05, 0.1) is 30.6 Å². The number of anilines is 2. The number of carbonyl (C=O) groups excluding carboxylic acids is 2. The van der Waals surface area contributed by atoms with Gasteiger partial charge in [-0.3, -0.25) is 9.59 Å². The number of primary sulfonamides is 1. The van der Waals surface area contributed by atoms with Gasteiger partial charge in [0.15, 0.2) is 0 Å². The van der Waals surface area contributed by atoms with E-state index >= 15 is 0 Å². The first-order valence-corrected chi connectivity index (χ1v) is 11.3. The second-order valence-corrected chi connectivity index (χ2v) is 8.65. The molecule has 0 spiro atoms. The maximum atomic E-state index is 12.8. The molecule has 11 heteroatoms. The fraction of sp³-hybridized carbons (Fsp3) is 0.0909. The first-order chi connectivity index (χ1) is 15.6. The van der Waals surface area contributed by atoms with Crippen LogP contribution in [0, 0.1) is 0 Å². The van der Waals surface area contributed by atoms with Crippen molar-refractivity contribution in [3.8, 4) is 11.5 Å². The lowest BCUT2D eigenvalue weighted by atomic mass is 10.1. The third-order valence-electron chi connectivity index (χ3n) is 4.55. The Morgan fingerprint density at radius 3 is 1.82 bits per heavy atom. The lowest BCUT2D eigenvalue weighted by molar-refractivity contribution is 0.101. The molecule has 0 bridgehead atoms. The zero-order valence-electron chi connectivity index (χ0n) is 17.6. The fourth-order valence-corrected chi connectivity index (χ4v) is 4.01. The van der Waals surface area contributed by atoms with Gasteiger partial charge in [-0.05, 0) is 30.3 Å². The summed E-state index contributed by atoms with van der Waals surface area (Å²) in [5.41, 5.74) is 1.00. The van der Waals surface area contributed by atoms with Gasteiger partial charge in [0.25, 0.3) is 11.8 Å². The topological polar surface area (TPSA) is 137 Å². The summed E-state index contributed by atoms with van der Waals surface area (Å²) in [6, 6.07) is 15.2. The van der Waals surface area contributed by atoms with Crippen molar-refractivity contribution in [1.29, 1.82) is 0 Å². The lowest BCUT2D eigenvalue weighted by Crippen LogP contribution is -2.17. The summed E-state index contributed by atoms with van der Waals surface area (Å²) in [6.45, 7) is 0. The van der Waals surface area contributed by atoms with Crippen molar-refractivity contribution in [3.63, 3.8) is 0 Å². The minimum absolute atomic E-state index is 0.00546. The van der Waals surface area contributed by atoms with E-state index in [1.54, 1.807) is 30.3 Å². The normalized spacial score (nSPS) is 10.9. The van der Waals surface area contributed by atoms with Crippen molar-refractivity contribution in [2.45, 2.75) is 4.90 Å². The molecule has 0 aliphatic heterocycles. The largest absolute Gasteiger partial charge is 0.494 e.